The van der Waals surface area contributed by atoms with E-state index >= 15 is 0 Å². The van der Waals surface area contributed by atoms with Gasteiger partial charge in [0, 0.05) is 11.0 Å². The molecule has 0 aromatic heterocycles. The molecular formula is C12H16BrF3N2O2S. The van der Waals surface area contributed by atoms with Crippen molar-refractivity contribution in [2.24, 2.45) is 0 Å². The molecule has 1 rings (SSSR count). The maximum Gasteiger partial charge on any atom is 0.418 e. The smallest absolute Gasteiger partial charge is 0.316 e. The standard InChI is InChI=1S/C12H16BrF3N2O2S/c1-3-17-7-8(2)21(19,20)18-11-5-4-9(13)6-10(11)12(14,15)16/h4-6,8,17-18H,3,7H2,1-2H3. The van der Waals surface area contributed by atoms with E-state index in [0.717, 1.165) is 12.1 Å². The Kier molecular flexibility index (Phi) is 6.06. The molecule has 0 aliphatic heterocycles. The van der Waals surface area contributed by atoms with E-state index in [1.807, 2.05) is 11.6 Å². The predicted molar refractivity (Wildman–Crippen MR) is 79.7 cm³/mol. The Labute approximate surface area is 130 Å². The highest BCUT2D eigenvalue weighted by molar-refractivity contribution is 9.10. The maximum atomic E-state index is 12.9. The van der Waals surface area contributed by atoms with Crippen molar-refractivity contribution in [2.45, 2.75) is 25.3 Å². The number of alkyl halides is 3. The molecule has 0 heterocycles. The number of hydrogen-bond donors (Lipinski definition) is 2. The lowest BCUT2D eigenvalue weighted by atomic mass is 10.2. The van der Waals surface area contributed by atoms with Gasteiger partial charge in [0.25, 0.3) is 0 Å². The van der Waals surface area contributed by atoms with Crippen molar-refractivity contribution < 1.29 is 21.6 Å². The Balaban J connectivity index is 3.08. The number of sulfonamides is 1. The van der Waals surface area contributed by atoms with Gasteiger partial charge in [0.2, 0.25) is 10.0 Å². The number of anilines is 1. The van der Waals surface area contributed by atoms with Gasteiger partial charge in [-0.3, -0.25) is 4.72 Å². The quantitative estimate of drug-likeness (QED) is 0.786. The fourth-order valence-electron chi connectivity index (χ4n) is 1.55. The van der Waals surface area contributed by atoms with Crippen LogP contribution in [0.5, 0.6) is 0 Å². The van der Waals surface area contributed by atoms with Gasteiger partial charge in [-0.1, -0.05) is 22.9 Å². The van der Waals surface area contributed by atoms with E-state index < -0.39 is 32.7 Å². The highest BCUT2D eigenvalue weighted by Gasteiger charge is 2.35. The highest BCUT2D eigenvalue weighted by Crippen LogP contribution is 2.37. The topological polar surface area (TPSA) is 58.2 Å². The second-order valence-electron chi connectivity index (χ2n) is 4.45. The summed E-state index contributed by atoms with van der Waals surface area (Å²) in [7, 11) is -3.91. The third kappa shape index (κ3) is 5.15. The minimum atomic E-state index is -4.65. The highest BCUT2D eigenvalue weighted by atomic mass is 79.9. The van der Waals surface area contributed by atoms with E-state index in [2.05, 4.69) is 21.2 Å². The summed E-state index contributed by atoms with van der Waals surface area (Å²) < 4.78 is 65.1. The molecule has 0 aliphatic carbocycles. The van der Waals surface area contributed by atoms with Crippen LogP contribution in [0, 0.1) is 0 Å². The van der Waals surface area contributed by atoms with Crippen molar-refractivity contribution in [3.63, 3.8) is 0 Å². The third-order valence-electron chi connectivity index (χ3n) is 2.75. The van der Waals surface area contributed by atoms with Gasteiger partial charge in [0.05, 0.1) is 16.5 Å². The van der Waals surface area contributed by atoms with Gasteiger partial charge in [-0.2, -0.15) is 13.2 Å². The molecule has 9 heteroatoms. The molecule has 0 aliphatic rings. The van der Waals surface area contributed by atoms with Crippen molar-refractivity contribution in [2.75, 3.05) is 17.8 Å². The lowest BCUT2D eigenvalue weighted by molar-refractivity contribution is -0.136. The molecular weight excluding hydrogens is 373 g/mol. The van der Waals surface area contributed by atoms with E-state index in [9.17, 15) is 21.6 Å². The van der Waals surface area contributed by atoms with E-state index in [1.54, 1.807) is 0 Å². The maximum absolute atomic E-state index is 12.9. The second-order valence-corrected chi connectivity index (χ2v) is 7.47. The van der Waals surface area contributed by atoms with Crippen molar-refractivity contribution in [3.8, 4) is 0 Å². The Hall–Kier alpha value is -0.800. The zero-order chi connectivity index (χ0) is 16.3. The lowest BCUT2D eigenvalue weighted by Crippen LogP contribution is -2.35. The van der Waals surface area contributed by atoms with E-state index in [0.29, 0.717) is 6.54 Å². The van der Waals surface area contributed by atoms with Crippen LogP contribution in [-0.2, 0) is 16.2 Å². The van der Waals surface area contributed by atoms with Crippen LogP contribution in [-0.4, -0.2) is 26.8 Å². The Morgan fingerprint density at radius 2 is 1.95 bits per heavy atom. The molecule has 0 spiro atoms. The third-order valence-corrected chi connectivity index (χ3v) is 4.97. The first-order chi connectivity index (χ1) is 9.58. The average Bonchev–Trinajstić information content (AvgIpc) is 2.36. The molecule has 1 aromatic rings. The summed E-state index contributed by atoms with van der Waals surface area (Å²) in [6.45, 7) is 3.97. The van der Waals surface area contributed by atoms with Crippen LogP contribution < -0.4 is 10.0 Å². The van der Waals surface area contributed by atoms with Crippen LogP contribution in [0.15, 0.2) is 22.7 Å². The van der Waals surface area contributed by atoms with E-state index in [-0.39, 0.29) is 11.0 Å². The Morgan fingerprint density at radius 1 is 1.33 bits per heavy atom. The number of nitrogens with one attached hydrogen (secondary N) is 2. The molecule has 1 unspecified atom stereocenters. The summed E-state index contributed by atoms with van der Waals surface area (Å²) >= 11 is 2.94. The van der Waals surface area contributed by atoms with Crippen LogP contribution in [0.4, 0.5) is 18.9 Å². The zero-order valence-corrected chi connectivity index (χ0v) is 13.9. The molecule has 0 fully saturated rings. The molecule has 0 saturated carbocycles. The van der Waals surface area contributed by atoms with Gasteiger partial charge < -0.3 is 5.32 Å². The number of halogens is 4. The molecule has 1 atom stereocenters. The molecule has 120 valence electrons. The number of hydrogen-bond acceptors (Lipinski definition) is 3. The largest absolute Gasteiger partial charge is 0.418 e. The summed E-state index contributed by atoms with van der Waals surface area (Å²) in [5.74, 6) is 0. The summed E-state index contributed by atoms with van der Waals surface area (Å²) in [5, 5.41) is 1.99. The van der Waals surface area contributed by atoms with Gasteiger partial charge >= 0.3 is 6.18 Å². The predicted octanol–water partition coefficient (Wildman–Crippen LogP) is 3.21. The van der Waals surface area contributed by atoms with Crippen molar-refractivity contribution >= 4 is 31.6 Å². The lowest BCUT2D eigenvalue weighted by Gasteiger charge is -2.18. The molecule has 0 amide bonds. The fourth-order valence-corrected chi connectivity index (χ4v) is 2.94. The van der Waals surface area contributed by atoms with Crippen molar-refractivity contribution in [1.29, 1.82) is 0 Å². The van der Waals surface area contributed by atoms with Crippen molar-refractivity contribution in [1.82, 2.24) is 5.32 Å². The van der Waals surface area contributed by atoms with Crippen LogP contribution in [0.2, 0.25) is 0 Å². The summed E-state index contributed by atoms with van der Waals surface area (Å²) in [6, 6.07) is 3.28. The van der Waals surface area contributed by atoms with E-state index in [4.69, 9.17) is 0 Å². The van der Waals surface area contributed by atoms with Gasteiger partial charge in [-0.15, -0.1) is 0 Å². The SMILES string of the molecule is CCNCC(C)S(=O)(=O)Nc1ccc(Br)cc1C(F)(F)F. The summed E-state index contributed by atoms with van der Waals surface area (Å²) in [6.07, 6.45) is -4.65. The van der Waals surface area contributed by atoms with Crippen LogP contribution in [0.1, 0.15) is 19.4 Å². The van der Waals surface area contributed by atoms with Gasteiger partial charge in [-0.05, 0) is 31.7 Å². The summed E-state index contributed by atoms with van der Waals surface area (Å²) in [5.41, 5.74) is -1.51. The Morgan fingerprint density at radius 3 is 2.48 bits per heavy atom. The van der Waals surface area contributed by atoms with Gasteiger partial charge in [0.15, 0.2) is 0 Å². The molecule has 0 bridgehead atoms. The van der Waals surface area contributed by atoms with E-state index in [1.165, 1.54) is 13.0 Å². The van der Waals surface area contributed by atoms with Crippen molar-refractivity contribution in [3.05, 3.63) is 28.2 Å². The first-order valence-corrected chi connectivity index (χ1v) is 8.51. The van der Waals surface area contributed by atoms with Crippen LogP contribution >= 0.6 is 15.9 Å². The zero-order valence-electron chi connectivity index (χ0n) is 11.5. The number of benzene rings is 1. The minimum Gasteiger partial charge on any atom is -0.316 e. The number of rotatable bonds is 6. The fraction of sp³-hybridized carbons (Fsp3) is 0.500. The molecule has 0 saturated heterocycles. The van der Waals surface area contributed by atoms with Crippen LogP contribution in [0.3, 0.4) is 0 Å². The normalized spacial score (nSPS) is 14.0. The second kappa shape index (κ2) is 6.97. The van der Waals surface area contributed by atoms with Gasteiger partial charge in [-0.25, -0.2) is 8.42 Å². The molecule has 1 aromatic carbocycles. The molecule has 2 N–H and O–H groups in total. The average molecular weight is 389 g/mol. The minimum absolute atomic E-state index is 0.156. The monoisotopic (exact) mass is 388 g/mol. The molecule has 4 nitrogen and oxygen atoms in total. The van der Waals surface area contributed by atoms with Gasteiger partial charge in [0.1, 0.15) is 0 Å². The molecule has 21 heavy (non-hydrogen) atoms. The first kappa shape index (κ1) is 18.2. The van der Waals surface area contributed by atoms with Crippen LogP contribution in [0.25, 0.3) is 0 Å². The molecule has 0 radical (unpaired) electrons. The first-order valence-electron chi connectivity index (χ1n) is 6.17. The summed E-state index contributed by atoms with van der Waals surface area (Å²) in [4.78, 5) is 0. The Bertz CT molecular complexity index is 591.